The Morgan fingerprint density at radius 2 is 2.32 bits per heavy atom. The molecule has 0 saturated carbocycles. The molecule has 0 bridgehead atoms. The van der Waals surface area contributed by atoms with Crippen LogP contribution in [0.1, 0.15) is 18.9 Å². The summed E-state index contributed by atoms with van der Waals surface area (Å²) in [5.41, 5.74) is 6.27. The molecular formula is C13H18FN3O2. The Morgan fingerprint density at radius 3 is 2.89 bits per heavy atom. The molecule has 2 rings (SSSR count). The molecule has 0 aromatic heterocycles. The van der Waals surface area contributed by atoms with E-state index in [9.17, 15) is 14.5 Å². The third-order valence-electron chi connectivity index (χ3n) is 3.72. The van der Waals surface area contributed by atoms with Gasteiger partial charge in [0.15, 0.2) is 0 Å². The van der Waals surface area contributed by atoms with Gasteiger partial charge >= 0.3 is 5.69 Å². The highest BCUT2D eigenvalue weighted by atomic mass is 19.1. The molecule has 1 aromatic carbocycles. The highest BCUT2D eigenvalue weighted by molar-refractivity contribution is 5.35. The van der Waals surface area contributed by atoms with Crippen LogP contribution in [0.25, 0.3) is 0 Å². The molecule has 1 fully saturated rings. The van der Waals surface area contributed by atoms with E-state index in [4.69, 9.17) is 5.73 Å². The fraction of sp³-hybridized carbons (Fsp3) is 0.538. The number of nitrogens with two attached hydrogens (primary N) is 1. The third kappa shape index (κ3) is 3.27. The topological polar surface area (TPSA) is 72.4 Å². The first kappa shape index (κ1) is 13.9. The summed E-state index contributed by atoms with van der Waals surface area (Å²) in [6, 6.07) is 4.19. The van der Waals surface area contributed by atoms with Gasteiger partial charge in [-0.3, -0.25) is 15.0 Å². The molecule has 1 saturated heterocycles. The van der Waals surface area contributed by atoms with Gasteiger partial charge < -0.3 is 5.73 Å². The van der Waals surface area contributed by atoms with Crippen LogP contribution < -0.4 is 5.73 Å². The van der Waals surface area contributed by atoms with E-state index in [1.54, 1.807) is 6.07 Å². The van der Waals surface area contributed by atoms with Crippen LogP contribution in [-0.4, -0.2) is 29.0 Å². The molecule has 0 amide bonds. The van der Waals surface area contributed by atoms with Crippen LogP contribution in [0.15, 0.2) is 18.2 Å². The zero-order valence-electron chi connectivity index (χ0n) is 10.9. The minimum Gasteiger partial charge on any atom is -0.326 e. The first-order chi connectivity index (χ1) is 8.97. The number of likely N-dealkylation sites (tertiary alicyclic amines) is 1. The second-order valence-corrected chi connectivity index (χ2v) is 5.21. The molecule has 19 heavy (non-hydrogen) atoms. The van der Waals surface area contributed by atoms with E-state index in [-0.39, 0.29) is 6.04 Å². The number of hydrogen-bond acceptors (Lipinski definition) is 4. The molecule has 2 atom stereocenters. The van der Waals surface area contributed by atoms with Gasteiger partial charge in [-0.25, -0.2) is 0 Å². The van der Waals surface area contributed by atoms with Crippen molar-refractivity contribution in [1.29, 1.82) is 0 Å². The number of nitro benzene ring substituents is 1. The van der Waals surface area contributed by atoms with Crippen LogP contribution in [0.4, 0.5) is 10.1 Å². The van der Waals surface area contributed by atoms with Crippen LogP contribution in [0.2, 0.25) is 0 Å². The number of nitro groups is 1. The lowest BCUT2D eigenvalue weighted by Crippen LogP contribution is -2.47. The Morgan fingerprint density at radius 1 is 1.58 bits per heavy atom. The Bertz CT molecular complexity index is 481. The number of hydrogen-bond donors (Lipinski definition) is 1. The Balaban J connectivity index is 2.04. The molecule has 1 aliphatic heterocycles. The first-order valence-corrected chi connectivity index (χ1v) is 6.38. The van der Waals surface area contributed by atoms with Gasteiger partial charge in [-0.1, -0.05) is 13.0 Å². The highest BCUT2D eigenvalue weighted by Gasteiger charge is 2.23. The Hall–Kier alpha value is -1.53. The monoisotopic (exact) mass is 267 g/mol. The normalized spacial score (nSPS) is 24.4. The molecule has 0 aliphatic carbocycles. The first-order valence-electron chi connectivity index (χ1n) is 6.38. The second-order valence-electron chi connectivity index (χ2n) is 5.21. The lowest BCUT2D eigenvalue weighted by Gasteiger charge is -2.35. The van der Waals surface area contributed by atoms with Crippen molar-refractivity contribution in [2.75, 3.05) is 13.1 Å². The number of nitrogens with zero attached hydrogens (tertiary/aromatic N) is 2. The maximum atomic E-state index is 13.5. The third-order valence-corrected chi connectivity index (χ3v) is 3.72. The van der Waals surface area contributed by atoms with E-state index in [1.165, 1.54) is 12.1 Å². The summed E-state index contributed by atoms with van der Waals surface area (Å²) in [5, 5.41) is 10.5. The molecule has 0 spiro atoms. The number of benzene rings is 1. The van der Waals surface area contributed by atoms with E-state index >= 15 is 0 Å². The summed E-state index contributed by atoms with van der Waals surface area (Å²) >= 11 is 0. The average molecular weight is 267 g/mol. The standard InChI is InChI=1S/C13H18FN3O2/c1-9-4-5-16(8-12(9)15)7-10-2-3-13(17(18)19)11(14)6-10/h2-3,6,9,12H,4-5,7-8,15H2,1H3. The summed E-state index contributed by atoms with van der Waals surface area (Å²) in [6.07, 6.45) is 1.02. The fourth-order valence-corrected chi connectivity index (χ4v) is 2.37. The summed E-state index contributed by atoms with van der Waals surface area (Å²) in [6.45, 7) is 4.41. The fourth-order valence-electron chi connectivity index (χ4n) is 2.37. The number of halogens is 1. The summed E-state index contributed by atoms with van der Waals surface area (Å²) in [4.78, 5) is 12.0. The highest BCUT2D eigenvalue weighted by Crippen LogP contribution is 2.21. The summed E-state index contributed by atoms with van der Waals surface area (Å²) in [5.74, 6) is -0.276. The van der Waals surface area contributed by atoms with Gasteiger partial charge in [-0.2, -0.15) is 4.39 Å². The van der Waals surface area contributed by atoms with Crippen LogP contribution in [0, 0.1) is 21.8 Å². The lowest BCUT2D eigenvalue weighted by molar-refractivity contribution is -0.387. The van der Waals surface area contributed by atoms with Crippen LogP contribution in [0.5, 0.6) is 0 Å². The number of piperidine rings is 1. The predicted molar refractivity (Wildman–Crippen MR) is 70.1 cm³/mol. The van der Waals surface area contributed by atoms with Crippen LogP contribution >= 0.6 is 0 Å². The molecular weight excluding hydrogens is 249 g/mol. The van der Waals surface area contributed by atoms with Crippen molar-refractivity contribution in [2.45, 2.75) is 25.9 Å². The Labute approximate surface area is 111 Å². The minimum atomic E-state index is -0.780. The van der Waals surface area contributed by atoms with Gasteiger partial charge in [-0.05, 0) is 30.5 Å². The molecule has 5 nitrogen and oxygen atoms in total. The average Bonchev–Trinajstić information content (AvgIpc) is 2.33. The van der Waals surface area contributed by atoms with Crippen molar-refractivity contribution in [1.82, 2.24) is 4.90 Å². The summed E-state index contributed by atoms with van der Waals surface area (Å²) in [7, 11) is 0. The van der Waals surface area contributed by atoms with Gasteiger partial charge in [-0.15, -0.1) is 0 Å². The maximum absolute atomic E-state index is 13.5. The number of rotatable bonds is 3. The van der Waals surface area contributed by atoms with Crippen molar-refractivity contribution < 1.29 is 9.31 Å². The van der Waals surface area contributed by atoms with Crippen molar-refractivity contribution >= 4 is 5.69 Å². The lowest BCUT2D eigenvalue weighted by atomic mass is 9.94. The Kier molecular flexibility index (Phi) is 4.11. The minimum absolute atomic E-state index is 0.136. The SMILES string of the molecule is CC1CCN(Cc2ccc([N+](=O)[O-])c(F)c2)CC1N. The van der Waals surface area contributed by atoms with Gasteiger partial charge in [0.25, 0.3) is 0 Å². The van der Waals surface area contributed by atoms with E-state index in [2.05, 4.69) is 11.8 Å². The van der Waals surface area contributed by atoms with Crippen LogP contribution in [-0.2, 0) is 6.54 Å². The zero-order valence-corrected chi connectivity index (χ0v) is 10.9. The van der Waals surface area contributed by atoms with Gasteiger partial charge in [0.2, 0.25) is 5.82 Å². The van der Waals surface area contributed by atoms with Crippen molar-refractivity contribution in [3.63, 3.8) is 0 Å². The second kappa shape index (κ2) is 5.63. The van der Waals surface area contributed by atoms with Gasteiger partial charge in [0, 0.05) is 25.2 Å². The van der Waals surface area contributed by atoms with E-state index in [0.717, 1.165) is 25.1 Å². The van der Waals surface area contributed by atoms with Crippen molar-refractivity contribution in [3.8, 4) is 0 Å². The van der Waals surface area contributed by atoms with Crippen molar-refractivity contribution in [2.24, 2.45) is 11.7 Å². The predicted octanol–water partition coefficient (Wildman–Crippen LogP) is 1.90. The molecule has 104 valence electrons. The maximum Gasteiger partial charge on any atom is 0.304 e. The quantitative estimate of drug-likeness (QED) is 0.670. The van der Waals surface area contributed by atoms with Crippen LogP contribution in [0.3, 0.4) is 0 Å². The molecule has 2 unspecified atom stereocenters. The molecule has 0 radical (unpaired) electrons. The zero-order chi connectivity index (χ0) is 14.0. The van der Waals surface area contributed by atoms with E-state index in [0.29, 0.717) is 12.5 Å². The summed E-state index contributed by atoms with van der Waals surface area (Å²) < 4.78 is 13.5. The van der Waals surface area contributed by atoms with E-state index < -0.39 is 16.4 Å². The molecule has 1 heterocycles. The largest absolute Gasteiger partial charge is 0.326 e. The van der Waals surface area contributed by atoms with E-state index in [1.807, 2.05) is 0 Å². The smallest absolute Gasteiger partial charge is 0.304 e. The van der Waals surface area contributed by atoms with Crippen molar-refractivity contribution in [3.05, 3.63) is 39.7 Å². The van der Waals surface area contributed by atoms with Gasteiger partial charge in [0.1, 0.15) is 0 Å². The molecule has 2 N–H and O–H groups in total. The molecule has 6 heteroatoms. The van der Waals surface area contributed by atoms with Gasteiger partial charge in [0.05, 0.1) is 4.92 Å². The molecule has 1 aromatic rings. The molecule has 1 aliphatic rings.